The third-order valence-corrected chi connectivity index (χ3v) is 2.37. The molecule has 1 aromatic carbocycles. The smallest absolute Gasteiger partial charge is 0.121 e. The number of methoxy groups -OCH3 is 1. The highest BCUT2D eigenvalue weighted by Gasteiger charge is 1.95. The van der Waals surface area contributed by atoms with E-state index in [1.54, 1.807) is 7.11 Å². The molecule has 1 N–H and O–H groups in total. The second-order valence-electron chi connectivity index (χ2n) is 3.85. The molecule has 0 aliphatic rings. The van der Waals surface area contributed by atoms with Crippen molar-refractivity contribution in [2.24, 2.45) is 0 Å². The van der Waals surface area contributed by atoms with E-state index < -0.39 is 0 Å². The number of hydrogen-bond acceptors (Lipinski definition) is 4. The van der Waals surface area contributed by atoms with E-state index in [0.29, 0.717) is 19.8 Å². The first-order valence-electron chi connectivity index (χ1n) is 6.40. The van der Waals surface area contributed by atoms with Gasteiger partial charge in [0.2, 0.25) is 0 Å². The number of hydrogen-bond donors (Lipinski definition) is 1. The molecular formula is C14H23NO3. The van der Waals surface area contributed by atoms with Gasteiger partial charge in [0.05, 0.1) is 19.8 Å². The average Bonchev–Trinajstić information content (AvgIpc) is 2.39. The molecule has 0 radical (unpaired) electrons. The Balaban J connectivity index is 2.13. The molecule has 0 unspecified atom stereocenters. The van der Waals surface area contributed by atoms with Crippen LogP contribution in [0.2, 0.25) is 0 Å². The van der Waals surface area contributed by atoms with E-state index in [0.717, 1.165) is 31.0 Å². The van der Waals surface area contributed by atoms with Gasteiger partial charge >= 0.3 is 0 Å². The Morgan fingerprint density at radius 1 is 1.17 bits per heavy atom. The third-order valence-electron chi connectivity index (χ3n) is 2.37. The number of anilines is 1. The monoisotopic (exact) mass is 253 g/mol. The molecule has 0 aromatic heterocycles. The van der Waals surface area contributed by atoms with Gasteiger partial charge in [-0.1, -0.05) is 6.07 Å². The normalized spacial score (nSPS) is 10.3. The molecule has 0 atom stereocenters. The van der Waals surface area contributed by atoms with Crippen molar-refractivity contribution in [3.05, 3.63) is 24.3 Å². The minimum absolute atomic E-state index is 0.657. The lowest BCUT2D eigenvalue weighted by Crippen LogP contribution is -2.08. The van der Waals surface area contributed by atoms with Crippen LogP contribution in [0.4, 0.5) is 5.69 Å². The summed E-state index contributed by atoms with van der Waals surface area (Å²) in [4.78, 5) is 0. The standard InChI is InChI=1S/C14H23NO3/c1-3-18-14-7-4-6-13(12-14)15-8-5-9-17-11-10-16-2/h4,6-7,12,15H,3,5,8-11H2,1-2H3. The average molecular weight is 253 g/mol. The molecular weight excluding hydrogens is 230 g/mol. The van der Waals surface area contributed by atoms with E-state index in [9.17, 15) is 0 Å². The van der Waals surface area contributed by atoms with Crippen molar-refractivity contribution < 1.29 is 14.2 Å². The Kier molecular flexibility index (Phi) is 8.01. The van der Waals surface area contributed by atoms with Gasteiger partial charge in [0, 0.05) is 32.0 Å². The molecule has 0 fully saturated rings. The minimum Gasteiger partial charge on any atom is -0.494 e. The van der Waals surface area contributed by atoms with Crippen LogP contribution >= 0.6 is 0 Å². The molecule has 0 saturated carbocycles. The molecule has 0 spiro atoms. The number of benzene rings is 1. The fraction of sp³-hybridized carbons (Fsp3) is 0.571. The summed E-state index contributed by atoms with van der Waals surface area (Å²) in [6.07, 6.45) is 0.975. The fourth-order valence-corrected chi connectivity index (χ4v) is 1.51. The highest BCUT2D eigenvalue weighted by molar-refractivity contribution is 5.48. The summed E-state index contributed by atoms with van der Waals surface area (Å²) in [6, 6.07) is 7.99. The molecule has 1 rings (SSSR count). The van der Waals surface area contributed by atoms with Gasteiger partial charge in [-0.15, -0.1) is 0 Å². The van der Waals surface area contributed by atoms with Crippen LogP contribution in [-0.4, -0.2) is 40.1 Å². The zero-order chi connectivity index (χ0) is 13.1. The molecule has 102 valence electrons. The predicted molar refractivity (Wildman–Crippen MR) is 73.4 cm³/mol. The second kappa shape index (κ2) is 9.74. The molecule has 1 aromatic rings. The molecule has 4 heteroatoms. The van der Waals surface area contributed by atoms with Crippen molar-refractivity contribution in [1.29, 1.82) is 0 Å². The van der Waals surface area contributed by atoms with Crippen LogP contribution in [0.1, 0.15) is 13.3 Å². The second-order valence-corrected chi connectivity index (χ2v) is 3.85. The van der Waals surface area contributed by atoms with E-state index in [-0.39, 0.29) is 0 Å². The topological polar surface area (TPSA) is 39.7 Å². The minimum atomic E-state index is 0.657. The Labute approximate surface area is 109 Å². The van der Waals surface area contributed by atoms with Gasteiger partial charge in [-0.05, 0) is 25.5 Å². The number of rotatable bonds is 10. The Morgan fingerprint density at radius 3 is 2.83 bits per heavy atom. The highest BCUT2D eigenvalue weighted by atomic mass is 16.5. The van der Waals surface area contributed by atoms with Crippen LogP contribution in [-0.2, 0) is 9.47 Å². The maximum Gasteiger partial charge on any atom is 0.121 e. The van der Waals surface area contributed by atoms with Crippen LogP contribution in [0.25, 0.3) is 0 Å². The summed E-state index contributed by atoms with van der Waals surface area (Å²) in [5, 5.41) is 3.34. The zero-order valence-electron chi connectivity index (χ0n) is 11.3. The van der Waals surface area contributed by atoms with Gasteiger partial charge in [0.15, 0.2) is 0 Å². The van der Waals surface area contributed by atoms with Gasteiger partial charge in [0.25, 0.3) is 0 Å². The fourth-order valence-electron chi connectivity index (χ4n) is 1.51. The summed E-state index contributed by atoms with van der Waals surface area (Å²) >= 11 is 0. The highest BCUT2D eigenvalue weighted by Crippen LogP contribution is 2.16. The largest absolute Gasteiger partial charge is 0.494 e. The van der Waals surface area contributed by atoms with Crippen LogP contribution in [0.3, 0.4) is 0 Å². The van der Waals surface area contributed by atoms with Gasteiger partial charge in [0.1, 0.15) is 5.75 Å². The van der Waals surface area contributed by atoms with E-state index in [1.807, 2.05) is 31.2 Å². The number of nitrogens with one attached hydrogen (secondary N) is 1. The lowest BCUT2D eigenvalue weighted by atomic mass is 10.3. The van der Waals surface area contributed by atoms with Gasteiger partial charge < -0.3 is 19.5 Å². The van der Waals surface area contributed by atoms with Crippen LogP contribution in [0, 0.1) is 0 Å². The summed E-state index contributed by atoms with van der Waals surface area (Å²) < 4.78 is 15.7. The van der Waals surface area contributed by atoms with Crippen molar-refractivity contribution in [3.8, 4) is 5.75 Å². The van der Waals surface area contributed by atoms with E-state index in [4.69, 9.17) is 14.2 Å². The Hall–Kier alpha value is -1.26. The van der Waals surface area contributed by atoms with E-state index >= 15 is 0 Å². The first-order chi connectivity index (χ1) is 8.86. The summed E-state index contributed by atoms with van der Waals surface area (Å²) in [5.74, 6) is 0.902. The maximum atomic E-state index is 5.44. The van der Waals surface area contributed by atoms with Gasteiger partial charge in [-0.2, -0.15) is 0 Å². The lowest BCUT2D eigenvalue weighted by Gasteiger charge is -2.09. The van der Waals surface area contributed by atoms with Crippen molar-refractivity contribution in [3.63, 3.8) is 0 Å². The molecule has 0 aliphatic heterocycles. The summed E-state index contributed by atoms with van der Waals surface area (Å²) in [7, 11) is 1.68. The Bertz CT molecular complexity index is 318. The van der Waals surface area contributed by atoms with Crippen LogP contribution in [0.15, 0.2) is 24.3 Å². The zero-order valence-corrected chi connectivity index (χ0v) is 11.3. The predicted octanol–water partition coefficient (Wildman–Crippen LogP) is 2.55. The van der Waals surface area contributed by atoms with Gasteiger partial charge in [-0.3, -0.25) is 0 Å². The summed E-state index contributed by atoms with van der Waals surface area (Å²) in [6.45, 7) is 5.64. The van der Waals surface area contributed by atoms with Crippen molar-refractivity contribution in [2.45, 2.75) is 13.3 Å². The van der Waals surface area contributed by atoms with E-state index in [2.05, 4.69) is 5.32 Å². The maximum absolute atomic E-state index is 5.44. The summed E-state index contributed by atoms with van der Waals surface area (Å²) in [5.41, 5.74) is 1.08. The SMILES string of the molecule is CCOc1cccc(NCCCOCCOC)c1. The van der Waals surface area contributed by atoms with Crippen LogP contribution < -0.4 is 10.1 Å². The lowest BCUT2D eigenvalue weighted by molar-refractivity contribution is 0.0705. The molecule has 0 aliphatic carbocycles. The number of ether oxygens (including phenoxy) is 3. The third kappa shape index (κ3) is 6.47. The Morgan fingerprint density at radius 2 is 2.06 bits per heavy atom. The molecule has 0 amide bonds. The molecule has 18 heavy (non-hydrogen) atoms. The first kappa shape index (κ1) is 14.8. The molecule has 0 heterocycles. The molecule has 0 bridgehead atoms. The quantitative estimate of drug-likeness (QED) is 0.650. The molecule has 4 nitrogen and oxygen atoms in total. The van der Waals surface area contributed by atoms with Gasteiger partial charge in [-0.25, -0.2) is 0 Å². The first-order valence-corrected chi connectivity index (χ1v) is 6.40. The van der Waals surface area contributed by atoms with Crippen molar-refractivity contribution in [2.75, 3.05) is 45.4 Å². The van der Waals surface area contributed by atoms with Crippen molar-refractivity contribution in [1.82, 2.24) is 0 Å². The molecule has 0 saturated heterocycles. The van der Waals surface area contributed by atoms with E-state index in [1.165, 1.54) is 0 Å². The van der Waals surface area contributed by atoms with Crippen molar-refractivity contribution >= 4 is 5.69 Å². The van der Waals surface area contributed by atoms with Crippen LogP contribution in [0.5, 0.6) is 5.75 Å².